The second kappa shape index (κ2) is 4.73. The van der Waals surface area contributed by atoms with Crippen molar-refractivity contribution in [3.63, 3.8) is 0 Å². The molecule has 0 aliphatic carbocycles. The van der Waals surface area contributed by atoms with E-state index in [1.165, 1.54) is 12.3 Å². The van der Waals surface area contributed by atoms with Crippen LogP contribution in [0.4, 0.5) is 4.39 Å². The van der Waals surface area contributed by atoms with Gasteiger partial charge in [0.25, 0.3) is 0 Å². The summed E-state index contributed by atoms with van der Waals surface area (Å²) in [6, 6.07) is 9.75. The van der Waals surface area contributed by atoms with Gasteiger partial charge in [-0.15, -0.1) is 0 Å². The third-order valence-corrected chi connectivity index (χ3v) is 2.37. The number of aliphatic hydroxyl groups is 1. The molecule has 0 spiro atoms. The van der Waals surface area contributed by atoms with Crippen molar-refractivity contribution in [2.24, 2.45) is 0 Å². The fraction of sp³-hybridized carbons (Fsp3) is 0.0769. The highest BCUT2D eigenvalue weighted by atomic mass is 19.1. The number of rotatable bonds is 2. The molecular formula is C13H9FN2O. The second-order valence-electron chi connectivity index (χ2n) is 3.58. The molecule has 1 N–H and O–H groups in total. The molecule has 1 aromatic carbocycles. The first-order valence-electron chi connectivity index (χ1n) is 4.99. The van der Waals surface area contributed by atoms with Crippen LogP contribution in [0.3, 0.4) is 0 Å². The fourth-order valence-electron chi connectivity index (χ4n) is 1.55. The SMILES string of the molecule is N#Cc1cccc(C(O)c2cncc(F)c2)c1. The van der Waals surface area contributed by atoms with Gasteiger partial charge in [0.15, 0.2) is 0 Å². The summed E-state index contributed by atoms with van der Waals surface area (Å²) >= 11 is 0. The second-order valence-corrected chi connectivity index (χ2v) is 3.58. The van der Waals surface area contributed by atoms with Crippen molar-refractivity contribution in [2.75, 3.05) is 0 Å². The minimum atomic E-state index is -0.980. The van der Waals surface area contributed by atoms with Gasteiger partial charge < -0.3 is 5.11 Å². The van der Waals surface area contributed by atoms with Crippen molar-refractivity contribution < 1.29 is 9.50 Å². The van der Waals surface area contributed by atoms with Crippen LogP contribution in [-0.2, 0) is 0 Å². The molecule has 1 heterocycles. The molecule has 2 rings (SSSR count). The van der Waals surface area contributed by atoms with E-state index in [9.17, 15) is 9.50 Å². The van der Waals surface area contributed by atoms with E-state index in [0.717, 1.165) is 6.20 Å². The van der Waals surface area contributed by atoms with Gasteiger partial charge in [0.05, 0.1) is 17.8 Å². The van der Waals surface area contributed by atoms with Crippen LogP contribution in [-0.4, -0.2) is 10.1 Å². The maximum absolute atomic E-state index is 13.0. The van der Waals surface area contributed by atoms with Gasteiger partial charge >= 0.3 is 0 Å². The molecule has 2 aromatic rings. The van der Waals surface area contributed by atoms with Gasteiger partial charge in [-0.2, -0.15) is 5.26 Å². The predicted octanol–water partition coefficient (Wildman–Crippen LogP) is 2.17. The molecule has 1 aromatic heterocycles. The first-order chi connectivity index (χ1) is 8.20. The lowest BCUT2D eigenvalue weighted by Gasteiger charge is -2.11. The Balaban J connectivity index is 2.37. The van der Waals surface area contributed by atoms with E-state index in [2.05, 4.69) is 4.98 Å². The zero-order valence-corrected chi connectivity index (χ0v) is 8.84. The molecule has 4 heteroatoms. The minimum Gasteiger partial charge on any atom is -0.384 e. The van der Waals surface area contributed by atoms with Gasteiger partial charge in [0, 0.05) is 11.8 Å². The van der Waals surface area contributed by atoms with E-state index in [4.69, 9.17) is 5.26 Å². The van der Waals surface area contributed by atoms with Gasteiger partial charge in [-0.05, 0) is 23.8 Å². The molecule has 84 valence electrons. The van der Waals surface area contributed by atoms with Gasteiger partial charge in [0.2, 0.25) is 0 Å². The molecule has 0 saturated carbocycles. The monoisotopic (exact) mass is 228 g/mol. The lowest BCUT2D eigenvalue weighted by Crippen LogP contribution is -2.01. The van der Waals surface area contributed by atoms with Crippen molar-refractivity contribution >= 4 is 0 Å². The Kier molecular flexibility index (Phi) is 3.12. The number of aliphatic hydroxyl groups excluding tert-OH is 1. The number of aromatic nitrogens is 1. The topological polar surface area (TPSA) is 56.9 Å². The smallest absolute Gasteiger partial charge is 0.141 e. The van der Waals surface area contributed by atoms with Gasteiger partial charge in [0.1, 0.15) is 11.9 Å². The van der Waals surface area contributed by atoms with Crippen LogP contribution in [0.5, 0.6) is 0 Å². The van der Waals surface area contributed by atoms with Gasteiger partial charge in [-0.3, -0.25) is 4.98 Å². The zero-order chi connectivity index (χ0) is 12.3. The Morgan fingerprint density at radius 1 is 1.24 bits per heavy atom. The zero-order valence-electron chi connectivity index (χ0n) is 8.84. The summed E-state index contributed by atoms with van der Waals surface area (Å²) in [7, 11) is 0. The Hall–Kier alpha value is -2.25. The average molecular weight is 228 g/mol. The maximum Gasteiger partial charge on any atom is 0.141 e. The van der Waals surface area contributed by atoms with E-state index < -0.39 is 11.9 Å². The molecule has 0 aliphatic heterocycles. The van der Waals surface area contributed by atoms with Crippen LogP contribution in [0.1, 0.15) is 22.8 Å². The van der Waals surface area contributed by atoms with E-state index >= 15 is 0 Å². The van der Waals surface area contributed by atoms with Gasteiger partial charge in [-0.25, -0.2) is 4.39 Å². The van der Waals surface area contributed by atoms with Crippen molar-refractivity contribution in [3.8, 4) is 6.07 Å². The fourth-order valence-corrected chi connectivity index (χ4v) is 1.55. The van der Waals surface area contributed by atoms with Crippen molar-refractivity contribution in [2.45, 2.75) is 6.10 Å². The highest BCUT2D eigenvalue weighted by molar-refractivity contribution is 5.36. The molecule has 3 nitrogen and oxygen atoms in total. The number of halogens is 1. The highest BCUT2D eigenvalue weighted by Gasteiger charge is 2.11. The Morgan fingerprint density at radius 2 is 2.06 bits per heavy atom. The summed E-state index contributed by atoms with van der Waals surface area (Å²) in [6.45, 7) is 0. The minimum absolute atomic E-state index is 0.361. The summed E-state index contributed by atoms with van der Waals surface area (Å²) in [5.41, 5.74) is 1.35. The summed E-state index contributed by atoms with van der Waals surface area (Å²) in [5.74, 6) is -0.502. The first-order valence-corrected chi connectivity index (χ1v) is 4.99. The normalized spacial score (nSPS) is 11.8. The van der Waals surface area contributed by atoms with Crippen LogP contribution >= 0.6 is 0 Å². The van der Waals surface area contributed by atoms with Crippen LogP contribution in [0.25, 0.3) is 0 Å². The summed E-state index contributed by atoms with van der Waals surface area (Å²) in [4.78, 5) is 3.67. The highest BCUT2D eigenvalue weighted by Crippen LogP contribution is 2.22. The first kappa shape index (κ1) is 11.2. The maximum atomic E-state index is 13.0. The van der Waals surface area contributed by atoms with Crippen molar-refractivity contribution in [3.05, 3.63) is 65.2 Å². The molecule has 0 aliphatic rings. The summed E-state index contributed by atoms with van der Waals surface area (Å²) in [5, 5.41) is 18.8. The molecule has 0 radical (unpaired) electrons. The van der Waals surface area contributed by atoms with E-state index in [-0.39, 0.29) is 0 Å². The largest absolute Gasteiger partial charge is 0.384 e. The number of benzene rings is 1. The number of nitrogens with zero attached hydrogens (tertiary/aromatic N) is 2. The standard InChI is InChI=1S/C13H9FN2O/c14-12-5-11(7-16-8-12)13(17)10-3-1-2-9(4-10)6-15/h1-5,7-8,13,17H. The van der Waals surface area contributed by atoms with E-state index in [1.807, 2.05) is 6.07 Å². The van der Waals surface area contributed by atoms with E-state index in [1.54, 1.807) is 24.3 Å². The lowest BCUT2D eigenvalue weighted by atomic mass is 10.0. The average Bonchev–Trinajstić information content (AvgIpc) is 2.38. The number of nitriles is 1. The van der Waals surface area contributed by atoms with Crippen LogP contribution in [0.15, 0.2) is 42.7 Å². The predicted molar refractivity (Wildman–Crippen MR) is 59.4 cm³/mol. The number of pyridine rings is 1. The Labute approximate surface area is 97.8 Å². The molecule has 0 amide bonds. The van der Waals surface area contributed by atoms with Crippen LogP contribution < -0.4 is 0 Å². The van der Waals surface area contributed by atoms with Crippen molar-refractivity contribution in [1.82, 2.24) is 4.98 Å². The molecule has 1 unspecified atom stereocenters. The third-order valence-electron chi connectivity index (χ3n) is 2.37. The summed E-state index contributed by atoms with van der Waals surface area (Å²) in [6.07, 6.45) is 1.49. The third kappa shape index (κ3) is 2.47. The van der Waals surface area contributed by atoms with Gasteiger partial charge in [-0.1, -0.05) is 12.1 Å². The molecule has 17 heavy (non-hydrogen) atoms. The van der Waals surface area contributed by atoms with Crippen LogP contribution in [0, 0.1) is 17.1 Å². The molecule has 0 saturated heterocycles. The Bertz CT molecular complexity index is 578. The Morgan fingerprint density at radius 3 is 2.76 bits per heavy atom. The number of hydrogen-bond donors (Lipinski definition) is 1. The molecule has 1 atom stereocenters. The molecular weight excluding hydrogens is 219 g/mol. The van der Waals surface area contributed by atoms with Crippen LogP contribution in [0.2, 0.25) is 0 Å². The molecule has 0 bridgehead atoms. The lowest BCUT2D eigenvalue weighted by molar-refractivity contribution is 0.219. The quantitative estimate of drug-likeness (QED) is 0.857. The summed E-state index contributed by atoms with van der Waals surface area (Å²) < 4.78 is 13.0. The van der Waals surface area contributed by atoms with Crippen molar-refractivity contribution in [1.29, 1.82) is 5.26 Å². The van der Waals surface area contributed by atoms with E-state index in [0.29, 0.717) is 16.7 Å². The molecule has 0 fully saturated rings. The number of hydrogen-bond acceptors (Lipinski definition) is 3.